The van der Waals surface area contributed by atoms with Crippen LogP contribution in [0.15, 0.2) is 48.5 Å². The summed E-state index contributed by atoms with van der Waals surface area (Å²) < 4.78 is 10.7. The summed E-state index contributed by atoms with van der Waals surface area (Å²) in [5, 5.41) is 13.9. The third-order valence-corrected chi connectivity index (χ3v) is 6.32. The summed E-state index contributed by atoms with van der Waals surface area (Å²) in [6.07, 6.45) is 10.5. The molecular formula is C26H32O6. The van der Waals surface area contributed by atoms with E-state index in [-0.39, 0.29) is 0 Å². The molecule has 6 nitrogen and oxygen atoms in total. The Labute approximate surface area is 189 Å². The van der Waals surface area contributed by atoms with Crippen LogP contribution in [0.25, 0.3) is 0 Å². The third-order valence-electron chi connectivity index (χ3n) is 6.32. The third kappa shape index (κ3) is 7.59. The van der Waals surface area contributed by atoms with E-state index in [1.807, 2.05) is 24.3 Å². The van der Waals surface area contributed by atoms with Crippen molar-refractivity contribution in [1.82, 2.24) is 0 Å². The van der Waals surface area contributed by atoms with Crippen molar-refractivity contribution in [3.8, 4) is 11.5 Å². The van der Waals surface area contributed by atoms with Crippen LogP contribution < -0.4 is 9.47 Å². The highest BCUT2D eigenvalue weighted by molar-refractivity contribution is 5.67. The quantitative estimate of drug-likeness (QED) is 0.376. The molecule has 0 spiro atoms. The summed E-state index contributed by atoms with van der Waals surface area (Å²) in [4.78, 5) is 20.7. The summed E-state index contributed by atoms with van der Waals surface area (Å²) in [7, 11) is 0. The van der Waals surface area contributed by atoms with Gasteiger partial charge in [-0.3, -0.25) is 0 Å². The SMILES string of the molecule is O=C(O)O.O=C(Oc1ccc(C2CCCCC2)cc1)Oc1ccc(C2CCCCC2)cc1. The second kappa shape index (κ2) is 12.1. The van der Waals surface area contributed by atoms with Crippen LogP contribution in [0.3, 0.4) is 0 Å². The van der Waals surface area contributed by atoms with Gasteiger partial charge in [-0.05, 0) is 72.9 Å². The molecule has 2 aromatic carbocycles. The first-order valence-corrected chi connectivity index (χ1v) is 11.5. The van der Waals surface area contributed by atoms with Gasteiger partial charge in [0.05, 0.1) is 0 Å². The van der Waals surface area contributed by atoms with E-state index in [9.17, 15) is 4.79 Å². The number of hydrogen-bond acceptors (Lipinski definition) is 4. The average molecular weight is 441 g/mol. The highest BCUT2D eigenvalue weighted by Crippen LogP contribution is 2.34. The minimum atomic E-state index is -1.83. The lowest BCUT2D eigenvalue weighted by atomic mass is 9.84. The molecule has 4 rings (SSSR count). The fourth-order valence-electron chi connectivity index (χ4n) is 4.70. The molecular weight excluding hydrogens is 408 g/mol. The summed E-state index contributed by atoms with van der Waals surface area (Å²) in [6.45, 7) is 0. The predicted octanol–water partition coefficient (Wildman–Crippen LogP) is 7.58. The molecule has 2 saturated carbocycles. The summed E-state index contributed by atoms with van der Waals surface area (Å²) in [6, 6.07) is 15.8. The Morgan fingerprint density at radius 1 is 0.594 bits per heavy atom. The number of carboxylic acid groups (broad SMARTS) is 2. The van der Waals surface area contributed by atoms with Crippen LogP contribution in [0.4, 0.5) is 9.59 Å². The van der Waals surface area contributed by atoms with Gasteiger partial charge in [-0.15, -0.1) is 0 Å². The Morgan fingerprint density at radius 2 is 0.906 bits per heavy atom. The Kier molecular flexibility index (Phi) is 8.96. The molecule has 0 aliphatic heterocycles. The molecule has 0 bridgehead atoms. The number of rotatable bonds is 4. The second-order valence-corrected chi connectivity index (χ2v) is 8.54. The van der Waals surface area contributed by atoms with Crippen LogP contribution in [-0.2, 0) is 0 Å². The molecule has 2 N–H and O–H groups in total. The summed E-state index contributed by atoms with van der Waals surface area (Å²) in [5.74, 6) is 2.36. The zero-order valence-corrected chi connectivity index (χ0v) is 18.4. The molecule has 0 radical (unpaired) electrons. The summed E-state index contributed by atoms with van der Waals surface area (Å²) >= 11 is 0. The molecule has 0 saturated heterocycles. The van der Waals surface area contributed by atoms with Crippen molar-refractivity contribution in [1.29, 1.82) is 0 Å². The Morgan fingerprint density at radius 3 is 1.22 bits per heavy atom. The molecule has 0 aromatic heterocycles. The minimum absolute atomic E-state index is 0.531. The number of carbonyl (C=O) groups excluding carboxylic acids is 1. The van der Waals surface area contributed by atoms with Crippen molar-refractivity contribution in [3.05, 3.63) is 59.7 Å². The average Bonchev–Trinajstić information content (AvgIpc) is 2.81. The topological polar surface area (TPSA) is 93.1 Å². The van der Waals surface area contributed by atoms with Crippen molar-refractivity contribution in [2.75, 3.05) is 0 Å². The standard InChI is InChI=1S/C25H30O3.CH2O3/c26-25(27-23-15-11-21(12-16-23)19-7-3-1-4-8-19)28-24-17-13-22(14-18-24)20-9-5-2-6-10-20;2-1(3)4/h11-20H,1-10H2;(H2,2,3,4). The molecule has 0 atom stereocenters. The van der Waals surface area contributed by atoms with Crippen molar-refractivity contribution in [3.63, 3.8) is 0 Å². The zero-order chi connectivity index (χ0) is 22.8. The maximum absolute atomic E-state index is 12.1. The van der Waals surface area contributed by atoms with E-state index in [0.717, 1.165) is 0 Å². The first-order valence-electron chi connectivity index (χ1n) is 11.5. The van der Waals surface area contributed by atoms with Gasteiger partial charge < -0.3 is 19.7 Å². The van der Waals surface area contributed by atoms with E-state index in [2.05, 4.69) is 24.3 Å². The normalized spacial score (nSPS) is 17.0. The Hall–Kier alpha value is -3.02. The van der Waals surface area contributed by atoms with Gasteiger partial charge in [0.1, 0.15) is 11.5 Å². The molecule has 2 fully saturated rings. The van der Waals surface area contributed by atoms with Crippen molar-refractivity contribution in [2.45, 2.75) is 76.0 Å². The summed E-state index contributed by atoms with van der Waals surface area (Å²) in [5.41, 5.74) is 2.69. The maximum atomic E-state index is 12.1. The van der Waals surface area contributed by atoms with Crippen LogP contribution >= 0.6 is 0 Å². The van der Waals surface area contributed by atoms with Gasteiger partial charge in [-0.1, -0.05) is 62.8 Å². The van der Waals surface area contributed by atoms with E-state index in [1.165, 1.54) is 75.3 Å². The van der Waals surface area contributed by atoms with Crippen LogP contribution in [0.2, 0.25) is 0 Å². The molecule has 2 aromatic rings. The van der Waals surface area contributed by atoms with E-state index >= 15 is 0 Å². The minimum Gasteiger partial charge on any atom is -0.450 e. The predicted molar refractivity (Wildman–Crippen MR) is 122 cm³/mol. The van der Waals surface area contributed by atoms with Gasteiger partial charge in [0, 0.05) is 0 Å². The smallest absolute Gasteiger partial charge is 0.450 e. The van der Waals surface area contributed by atoms with Crippen molar-refractivity contribution < 1.29 is 29.3 Å². The fraction of sp³-hybridized carbons (Fsp3) is 0.462. The van der Waals surface area contributed by atoms with Gasteiger partial charge >= 0.3 is 12.3 Å². The van der Waals surface area contributed by atoms with Crippen molar-refractivity contribution >= 4 is 12.3 Å². The lowest BCUT2D eigenvalue weighted by Gasteiger charge is -2.22. The molecule has 2 aliphatic rings. The monoisotopic (exact) mass is 440 g/mol. The molecule has 2 aliphatic carbocycles. The zero-order valence-electron chi connectivity index (χ0n) is 18.4. The lowest BCUT2D eigenvalue weighted by Crippen LogP contribution is -2.14. The van der Waals surface area contributed by atoms with Gasteiger partial charge in [0.25, 0.3) is 0 Å². The van der Waals surface area contributed by atoms with Gasteiger partial charge in [-0.2, -0.15) is 0 Å². The van der Waals surface area contributed by atoms with E-state index in [0.29, 0.717) is 23.3 Å². The van der Waals surface area contributed by atoms with Gasteiger partial charge in [-0.25, -0.2) is 9.59 Å². The second-order valence-electron chi connectivity index (χ2n) is 8.54. The Bertz CT molecular complexity index is 777. The fourth-order valence-corrected chi connectivity index (χ4v) is 4.70. The molecule has 0 unspecified atom stereocenters. The van der Waals surface area contributed by atoms with Gasteiger partial charge in [0.2, 0.25) is 0 Å². The molecule has 0 amide bonds. The number of benzene rings is 2. The molecule has 32 heavy (non-hydrogen) atoms. The molecule has 0 heterocycles. The Balaban J connectivity index is 0.000000668. The van der Waals surface area contributed by atoms with Crippen molar-refractivity contribution in [2.24, 2.45) is 0 Å². The van der Waals surface area contributed by atoms with Gasteiger partial charge in [0.15, 0.2) is 0 Å². The van der Waals surface area contributed by atoms with Crippen LogP contribution in [0.1, 0.15) is 87.2 Å². The first-order chi connectivity index (χ1) is 15.5. The highest BCUT2D eigenvalue weighted by Gasteiger charge is 2.17. The first kappa shape index (κ1) is 23.6. The maximum Gasteiger partial charge on any atom is 0.519 e. The van der Waals surface area contributed by atoms with E-state index < -0.39 is 12.3 Å². The molecule has 172 valence electrons. The van der Waals surface area contributed by atoms with Crippen LogP contribution in [0.5, 0.6) is 11.5 Å². The lowest BCUT2D eigenvalue weighted by molar-refractivity contribution is 0.136. The number of carbonyl (C=O) groups is 2. The largest absolute Gasteiger partial charge is 0.519 e. The molecule has 6 heteroatoms. The van der Waals surface area contributed by atoms with Crippen LogP contribution in [0, 0.1) is 0 Å². The van der Waals surface area contributed by atoms with Crippen LogP contribution in [-0.4, -0.2) is 22.5 Å². The van der Waals surface area contributed by atoms with E-state index in [1.54, 1.807) is 0 Å². The number of hydrogen-bond donors (Lipinski definition) is 2. The number of ether oxygens (including phenoxy) is 2. The van der Waals surface area contributed by atoms with E-state index in [4.69, 9.17) is 24.5 Å². The highest BCUT2D eigenvalue weighted by atomic mass is 16.7.